The maximum atomic E-state index is 12.6. The van der Waals surface area contributed by atoms with Crippen LogP contribution in [0.4, 0.5) is 11.8 Å². The normalized spacial score (nSPS) is 14.9. The number of thioether (sulfide) groups is 1. The number of rotatable bonds is 6. The molecule has 0 saturated carbocycles. The number of para-hydroxylation sites is 1. The van der Waals surface area contributed by atoms with Crippen LogP contribution < -0.4 is 10.2 Å². The van der Waals surface area contributed by atoms with E-state index in [9.17, 15) is 4.79 Å². The number of amides is 1. The van der Waals surface area contributed by atoms with Gasteiger partial charge in [0.15, 0.2) is 11.0 Å². The number of nitrogens with zero attached hydrogens (tertiary/aromatic N) is 5. The zero-order valence-electron chi connectivity index (χ0n) is 16.1. The molecule has 3 aromatic rings. The first-order valence-electron chi connectivity index (χ1n) is 9.39. The van der Waals surface area contributed by atoms with Crippen molar-refractivity contribution in [1.29, 1.82) is 0 Å². The molecule has 1 unspecified atom stereocenters. The van der Waals surface area contributed by atoms with Gasteiger partial charge in [0.05, 0.1) is 16.0 Å². The molecule has 1 fully saturated rings. The van der Waals surface area contributed by atoms with Crippen molar-refractivity contribution < 1.29 is 9.32 Å². The highest BCUT2D eigenvalue weighted by Crippen LogP contribution is 2.33. The van der Waals surface area contributed by atoms with Gasteiger partial charge in [0.25, 0.3) is 0 Å². The SMILES string of the molecule is Cc1cc(NC(=O)C(C)Sc2nnc(N3CCCC3)n2-c2ccccc2Cl)no1. The number of carbonyl (C=O) groups excluding carboxylic acids is 1. The van der Waals surface area contributed by atoms with Gasteiger partial charge in [0.1, 0.15) is 5.76 Å². The number of aromatic nitrogens is 4. The third kappa shape index (κ3) is 4.25. The number of benzene rings is 1. The minimum Gasteiger partial charge on any atom is -0.360 e. The molecule has 0 spiro atoms. The molecular weight excluding hydrogens is 412 g/mol. The quantitative estimate of drug-likeness (QED) is 0.590. The molecular formula is C19H21ClN6O2S. The minimum atomic E-state index is -0.427. The summed E-state index contributed by atoms with van der Waals surface area (Å²) in [4.78, 5) is 14.8. The van der Waals surface area contributed by atoms with Crippen LogP contribution >= 0.6 is 23.4 Å². The van der Waals surface area contributed by atoms with E-state index in [-0.39, 0.29) is 5.91 Å². The lowest BCUT2D eigenvalue weighted by atomic mass is 10.3. The second-order valence-corrected chi connectivity index (χ2v) is 8.55. The average molecular weight is 433 g/mol. The van der Waals surface area contributed by atoms with Crippen molar-refractivity contribution in [3.8, 4) is 5.69 Å². The smallest absolute Gasteiger partial charge is 0.238 e. The Hall–Kier alpha value is -2.52. The predicted octanol–water partition coefficient (Wildman–Crippen LogP) is 3.94. The van der Waals surface area contributed by atoms with Crippen LogP contribution in [0.1, 0.15) is 25.5 Å². The largest absolute Gasteiger partial charge is 0.360 e. The van der Waals surface area contributed by atoms with Gasteiger partial charge in [0.2, 0.25) is 11.9 Å². The van der Waals surface area contributed by atoms with E-state index in [1.165, 1.54) is 11.8 Å². The Kier molecular flexibility index (Phi) is 5.77. The lowest BCUT2D eigenvalue weighted by molar-refractivity contribution is -0.115. The zero-order valence-corrected chi connectivity index (χ0v) is 17.7. The van der Waals surface area contributed by atoms with Crippen molar-refractivity contribution >= 4 is 41.0 Å². The molecule has 1 aromatic carbocycles. The number of hydrogen-bond acceptors (Lipinski definition) is 7. The standard InChI is InChI=1S/C19H21ClN6O2S/c1-12-11-16(24-28-12)21-17(27)13(2)29-19-23-22-18(25-9-5-6-10-25)26(19)15-8-4-3-7-14(15)20/h3-4,7-8,11,13H,5-6,9-10H2,1-2H3,(H,21,24,27). The molecule has 2 aromatic heterocycles. The van der Waals surface area contributed by atoms with Gasteiger partial charge in [-0.05, 0) is 38.8 Å². The summed E-state index contributed by atoms with van der Waals surface area (Å²) in [6, 6.07) is 9.24. The number of anilines is 2. The summed E-state index contributed by atoms with van der Waals surface area (Å²) in [6.45, 7) is 5.44. The molecule has 1 atom stereocenters. The second kappa shape index (κ2) is 8.46. The van der Waals surface area contributed by atoms with E-state index in [4.69, 9.17) is 16.1 Å². The number of nitrogens with one attached hydrogen (secondary N) is 1. The van der Waals surface area contributed by atoms with Crippen LogP contribution in [0, 0.1) is 6.92 Å². The monoisotopic (exact) mass is 432 g/mol. The third-order valence-electron chi connectivity index (χ3n) is 4.63. The predicted molar refractivity (Wildman–Crippen MR) is 113 cm³/mol. The Morgan fingerprint density at radius 3 is 2.72 bits per heavy atom. The maximum Gasteiger partial charge on any atom is 0.238 e. The zero-order chi connectivity index (χ0) is 20.4. The number of halogens is 1. The number of hydrogen-bond donors (Lipinski definition) is 1. The highest BCUT2D eigenvalue weighted by molar-refractivity contribution is 8.00. The van der Waals surface area contributed by atoms with Crippen LogP contribution in [0.3, 0.4) is 0 Å². The van der Waals surface area contributed by atoms with E-state index in [0.29, 0.717) is 21.8 Å². The molecule has 3 heterocycles. The number of aryl methyl sites for hydroxylation is 1. The van der Waals surface area contributed by atoms with Crippen molar-refractivity contribution in [2.75, 3.05) is 23.3 Å². The Bertz CT molecular complexity index is 1010. The summed E-state index contributed by atoms with van der Waals surface area (Å²) in [6.07, 6.45) is 2.24. The Balaban J connectivity index is 1.61. The van der Waals surface area contributed by atoms with Gasteiger partial charge in [-0.3, -0.25) is 9.36 Å². The van der Waals surface area contributed by atoms with E-state index in [2.05, 4.69) is 25.6 Å². The maximum absolute atomic E-state index is 12.6. The first-order chi connectivity index (χ1) is 14.0. The average Bonchev–Trinajstić information content (AvgIpc) is 3.43. The second-order valence-electron chi connectivity index (χ2n) is 6.84. The molecule has 0 radical (unpaired) electrons. The van der Waals surface area contributed by atoms with Crippen LogP contribution in [0.15, 0.2) is 40.0 Å². The van der Waals surface area contributed by atoms with Crippen molar-refractivity contribution in [2.24, 2.45) is 0 Å². The van der Waals surface area contributed by atoms with E-state index in [1.54, 1.807) is 13.0 Å². The Morgan fingerprint density at radius 2 is 2.03 bits per heavy atom. The molecule has 4 rings (SSSR count). The summed E-state index contributed by atoms with van der Waals surface area (Å²) >= 11 is 7.79. The molecule has 1 aliphatic heterocycles. The van der Waals surface area contributed by atoms with Crippen molar-refractivity contribution in [1.82, 2.24) is 19.9 Å². The molecule has 1 saturated heterocycles. The first kappa shape index (κ1) is 19.8. The summed E-state index contributed by atoms with van der Waals surface area (Å²) in [5.74, 6) is 1.58. The minimum absolute atomic E-state index is 0.195. The van der Waals surface area contributed by atoms with Crippen molar-refractivity contribution in [3.05, 3.63) is 41.1 Å². The molecule has 1 N–H and O–H groups in total. The van der Waals surface area contributed by atoms with Gasteiger partial charge in [-0.2, -0.15) is 0 Å². The molecule has 10 heteroatoms. The van der Waals surface area contributed by atoms with Crippen molar-refractivity contribution in [3.63, 3.8) is 0 Å². The summed E-state index contributed by atoms with van der Waals surface area (Å²) < 4.78 is 6.93. The third-order valence-corrected chi connectivity index (χ3v) is 5.99. The fourth-order valence-electron chi connectivity index (χ4n) is 3.17. The van der Waals surface area contributed by atoms with Gasteiger partial charge in [-0.1, -0.05) is 40.7 Å². The molecule has 1 aliphatic rings. The molecule has 0 aliphatic carbocycles. The fourth-order valence-corrected chi connectivity index (χ4v) is 4.25. The van der Waals surface area contributed by atoms with E-state index >= 15 is 0 Å². The first-order valence-corrected chi connectivity index (χ1v) is 10.6. The van der Waals surface area contributed by atoms with E-state index < -0.39 is 5.25 Å². The van der Waals surface area contributed by atoms with Gasteiger partial charge in [-0.25, -0.2) is 0 Å². The van der Waals surface area contributed by atoms with E-state index in [1.807, 2.05) is 35.8 Å². The topological polar surface area (TPSA) is 89.1 Å². The van der Waals surface area contributed by atoms with Gasteiger partial charge in [0, 0.05) is 19.2 Å². The summed E-state index contributed by atoms with van der Waals surface area (Å²) in [5, 5.41) is 16.1. The lowest BCUT2D eigenvalue weighted by Crippen LogP contribution is -2.24. The van der Waals surface area contributed by atoms with Crippen LogP contribution in [0.2, 0.25) is 5.02 Å². The van der Waals surface area contributed by atoms with Crippen LogP contribution in [0.25, 0.3) is 5.69 Å². The van der Waals surface area contributed by atoms with Gasteiger partial charge >= 0.3 is 0 Å². The van der Waals surface area contributed by atoms with Crippen molar-refractivity contribution in [2.45, 2.75) is 37.1 Å². The summed E-state index contributed by atoms with van der Waals surface area (Å²) in [5.41, 5.74) is 0.795. The molecule has 152 valence electrons. The Labute approximate surface area is 177 Å². The van der Waals surface area contributed by atoms with Crippen LogP contribution in [0.5, 0.6) is 0 Å². The highest BCUT2D eigenvalue weighted by atomic mass is 35.5. The number of carbonyl (C=O) groups is 1. The van der Waals surface area contributed by atoms with Gasteiger partial charge < -0.3 is 14.7 Å². The van der Waals surface area contributed by atoms with Crippen LogP contribution in [-0.4, -0.2) is 44.2 Å². The highest BCUT2D eigenvalue weighted by Gasteiger charge is 2.26. The van der Waals surface area contributed by atoms with Crippen LogP contribution in [-0.2, 0) is 4.79 Å². The molecule has 29 heavy (non-hydrogen) atoms. The fraction of sp³-hybridized carbons (Fsp3) is 0.368. The van der Waals surface area contributed by atoms with Gasteiger partial charge in [-0.15, -0.1) is 10.2 Å². The lowest BCUT2D eigenvalue weighted by Gasteiger charge is -2.19. The summed E-state index contributed by atoms with van der Waals surface area (Å²) in [7, 11) is 0. The molecule has 1 amide bonds. The molecule has 8 nitrogen and oxygen atoms in total. The molecule has 0 bridgehead atoms. The Morgan fingerprint density at radius 1 is 1.28 bits per heavy atom. The van der Waals surface area contributed by atoms with E-state index in [0.717, 1.165) is 37.6 Å².